The third-order valence-electron chi connectivity index (χ3n) is 6.78. The van der Waals surface area contributed by atoms with Crippen molar-refractivity contribution in [2.24, 2.45) is 5.92 Å². The first kappa shape index (κ1) is 29.6. The van der Waals surface area contributed by atoms with Gasteiger partial charge in [0.15, 0.2) is 5.75 Å². The van der Waals surface area contributed by atoms with E-state index >= 15 is 0 Å². The summed E-state index contributed by atoms with van der Waals surface area (Å²) in [6, 6.07) is 18.4. The molecule has 4 aromatic rings. The van der Waals surface area contributed by atoms with Gasteiger partial charge in [-0.1, -0.05) is 36.4 Å². The Hall–Kier alpha value is -4.33. The molecule has 4 heterocycles. The lowest BCUT2D eigenvalue weighted by atomic mass is 9.93. The van der Waals surface area contributed by atoms with Crippen LogP contribution in [0.1, 0.15) is 50.7 Å². The van der Waals surface area contributed by atoms with E-state index in [0.29, 0.717) is 19.0 Å². The van der Waals surface area contributed by atoms with E-state index in [1.54, 1.807) is 6.20 Å². The predicted molar refractivity (Wildman–Crippen MR) is 161 cm³/mol. The summed E-state index contributed by atoms with van der Waals surface area (Å²) in [5.74, 6) is 3.28. The summed E-state index contributed by atoms with van der Waals surface area (Å²) >= 11 is 0. The van der Waals surface area contributed by atoms with Crippen molar-refractivity contribution in [3.05, 3.63) is 96.5 Å². The average Bonchev–Trinajstić information content (AvgIpc) is 2.98. The summed E-state index contributed by atoms with van der Waals surface area (Å²) in [7, 11) is 0. The Morgan fingerprint density at radius 3 is 2.27 bits per heavy atom. The topological polar surface area (TPSA) is 90.3 Å². The van der Waals surface area contributed by atoms with Gasteiger partial charge in [0.1, 0.15) is 23.9 Å². The molecule has 0 saturated carbocycles. The molecule has 1 aliphatic heterocycles. The van der Waals surface area contributed by atoms with Gasteiger partial charge in [-0.25, -0.2) is 15.0 Å². The van der Waals surface area contributed by atoms with E-state index in [1.807, 2.05) is 70.6 Å². The number of benzene rings is 1. The molecule has 0 N–H and O–H groups in total. The second kappa shape index (κ2) is 14.3. The Labute approximate surface area is 242 Å². The molecule has 8 heteroatoms. The van der Waals surface area contributed by atoms with Gasteiger partial charge in [0.05, 0.1) is 11.9 Å². The van der Waals surface area contributed by atoms with Crippen LogP contribution < -0.4 is 9.64 Å². The van der Waals surface area contributed by atoms with Crippen LogP contribution in [-0.4, -0.2) is 45.1 Å². The van der Waals surface area contributed by atoms with Gasteiger partial charge in [-0.15, -0.1) is 0 Å². The Morgan fingerprint density at radius 2 is 1.68 bits per heavy atom. The van der Waals surface area contributed by atoms with Gasteiger partial charge in [-0.3, -0.25) is 9.78 Å². The summed E-state index contributed by atoms with van der Waals surface area (Å²) in [6.07, 6.45) is 10.5. The molecular formula is C33H39N5O3. The third kappa shape index (κ3) is 9.38. The molecule has 1 saturated heterocycles. The normalized spacial score (nSPS) is 13.6. The molecule has 1 fully saturated rings. The van der Waals surface area contributed by atoms with Crippen LogP contribution >= 0.6 is 0 Å². The van der Waals surface area contributed by atoms with Crippen molar-refractivity contribution in [3.63, 3.8) is 0 Å². The maximum Gasteiger partial charge on any atom is 0.293 e. The molecule has 214 valence electrons. The molecule has 0 atom stereocenters. The van der Waals surface area contributed by atoms with Crippen molar-refractivity contribution in [2.75, 3.05) is 18.0 Å². The standard InChI is InChI=1S/C28H29N5O.C5H10O2/c1-21-26(34-20-23-6-3-2-4-7-23)19-30-27(32-21)16-22-11-14-33(15-12-22)28-10-9-25(18-31-28)24-8-5-13-29-17-24;1-5(2,3)7-4-6/h2-10,13,17-19,22H,11-12,14-16,20H2,1H3;4H,1-3H3. The fourth-order valence-corrected chi connectivity index (χ4v) is 4.53. The van der Waals surface area contributed by atoms with Crippen molar-refractivity contribution in [1.29, 1.82) is 0 Å². The van der Waals surface area contributed by atoms with Crippen LogP contribution in [0.25, 0.3) is 11.1 Å². The highest BCUT2D eigenvalue weighted by atomic mass is 16.5. The fraction of sp³-hybridized carbons (Fsp3) is 0.364. The van der Waals surface area contributed by atoms with E-state index in [9.17, 15) is 4.79 Å². The van der Waals surface area contributed by atoms with E-state index in [4.69, 9.17) is 14.7 Å². The molecule has 0 amide bonds. The van der Waals surface area contributed by atoms with Crippen molar-refractivity contribution < 1.29 is 14.3 Å². The van der Waals surface area contributed by atoms with Crippen LogP contribution in [0.15, 0.2) is 79.4 Å². The quantitative estimate of drug-likeness (QED) is 0.237. The zero-order chi connectivity index (χ0) is 29.1. The summed E-state index contributed by atoms with van der Waals surface area (Å²) in [5, 5.41) is 0. The first-order valence-corrected chi connectivity index (χ1v) is 14.0. The van der Waals surface area contributed by atoms with Gasteiger partial charge < -0.3 is 14.4 Å². The van der Waals surface area contributed by atoms with E-state index in [0.717, 1.165) is 72.1 Å². The Balaban J connectivity index is 0.000000493. The van der Waals surface area contributed by atoms with E-state index < -0.39 is 0 Å². The lowest BCUT2D eigenvalue weighted by Gasteiger charge is -2.32. The largest absolute Gasteiger partial charge is 0.485 e. The van der Waals surface area contributed by atoms with Gasteiger partial charge in [0, 0.05) is 49.2 Å². The average molecular weight is 554 g/mol. The summed E-state index contributed by atoms with van der Waals surface area (Å²) < 4.78 is 10.5. The minimum atomic E-state index is -0.318. The van der Waals surface area contributed by atoms with Gasteiger partial charge in [-0.2, -0.15) is 0 Å². The van der Waals surface area contributed by atoms with Crippen LogP contribution in [0.4, 0.5) is 5.82 Å². The molecule has 8 nitrogen and oxygen atoms in total. The van der Waals surface area contributed by atoms with E-state index in [-0.39, 0.29) is 5.60 Å². The molecule has 3 aromatic heterocycles. The second-order valence-electron chi connectivity index (χ2n) is 11.1. The number of anilines is 1. The number of piperidine rings is 1. The molecule has 0 unspecified atom stereocenters. The van der Waals surface area contributed by atoms with E-state index in [2.05, 4.69) is 49.9 Å². The monoisotopic (exact) mass is 553 g/mol. The smallest absolute Gasteiger partial charge is 0.293 e. The SMILES string of the molecule is CC(C)(C)OC=O.Cc1nc(CC2CCN(c3ccc(-c4cccnc4)cn3)CC2)ncc1OCc1ccccc1. The lowest BCUT2D eigenvalue weighted by molar-refractivity contribution is -0.138. The Bertz CT molecular complexity index is 1350. The summed E-state index contributed by atoms with van der Waals surface area (Å²) in [6.45, 7) is 10.4. The maximum absolute atomic E-state index is 9.60. The lowest BCUT2D eigenvalue weighted by Crippen LogP contribution is -2.35. The number of pyridine rings is 2. The number of aryl methyl sites for hydroxylation is 1. The Morgan fingerprint density at radius 1 is 0.927 bits per heavy atom. The number of hydrogen-bond donors (Lipinski definition) is 0. The molecule has 1 aliphatic rings. The Kier molecular flexibility index (Phi) is 10.4. The maximum atomic E-state index is 9.60. The molecule has 0 aliphatic carbocycles. The summed E-state index contributed by atoms with van der Waals surface area (Å²) in [4.78, 5) is 30.2. The van der Waals surface area contributed by atoms with Crippen LogP contribution in [0, 0.1) is 12.8 Å². The van der Waals surface area contributed by atoms with Crippen molar-refractivity contribution >= 4 is 12.3 Å². The van der Waals surface area contributed by atoms with Crippen LogP contribution in [-0.2, 0) is 22.6 Å². The minimum Gasteiger partial charge on any atom is -0.485 e. The number of carbonyl (C=O) groups is 1. The molecule has 0 bridgehead atoms. The second-order valence-corrected chi connectivity index (χ2v) is 11.1. The zero-order valence-electron chi connectivity index (χ0n) is 24.4. The number of ether oxygens (including phenoxy) is 2. The molecule has 41 heavy (non-hydrogen) atoms. The number of aromatic nitrogens is 4. The summed E-state index contributed by atoms with van der Waals surface area (Å²) in [5.41, 5.74) is 3.90. The van der Waals surface area contributed by atoms with Gasteiger partial charge >= 0.3 is 0 Å². The van der Waals surface area contributed by atoms with Crippen molar-refractivity contribution in [3.8, 4) is 16.9 Å². The predicted octanol–water partition coefficient (Wildman–Crippen LogP) is 6.24. The highest BCUT2D eigenvalue weighted by Crippen LogP contribution is 2.26. The molecule has 5 rings (SSSR count). The van der Waals surface area contributed by atoms with Gasteiger partial charge in [0.2, 0.25) is 0 Å². The molecule has 0 spiro atoms. The number of hydrogen-bond acceptors (Lipinski definition) is 8. The number of rotatable bonds is 8. The van der Waals surface area contributed by atoms with Crippen LogP contribution in [0.5, 0.6) is 5.75 Å². The number of nitrogens with zero attached hydrogens (tertiary/aromatic N) is 5. The van der Waals surface area contributed by atoms with Crippen LogP contribution in [0.2, 0.25) is 0 Å². The highest BCUT2D eigenvalue weighted by molar-refractivity contribution is 5.62. The fourth-order valence-electron chi connectivity index (χ4n) is 4.53. The van der Waals surface area contributed by atoms with Gasteiger partial charge in [0.25, 0.3) is 6.47 Å². The minimum absolute atomic E-state index is 0.318. The first-order valence-electron chi connectivity index (χ1n) is 14.0. The highest BCUT2D eigenvalue weighted by Gasteiger charge is 2.22. The van der Waals surface area contributed by atoms with Crippen molar-refractivity contribution in [2.45, 2.75) is 59.2 Å². The molecular weight excluding hydrogens is 514 g/mol. The zero-order valence-corrected chi connectivity index (χ0v) is 24.4. The van der Waals surface area contributed by atoms with Crippen LogP contribution in [0.3, 0.4) is 0 Å². The molecule has 0 radical (unpaired) electrons. The first-order chi connectivity index (χ1) is 19.8. The molecule has 1 aromatic carbocycles. The number of carbonyl (C=O) groups excluding carboxylic acids is 1. The van der Waals surface area contributed by atoms with Crippen molar-refractivity contribution in [1.82, 2.24) is 19.9 Å². The van der Waals surface area contributed by atoms with E-state index in [1.165, 1.54) is 0 Å². The third-order valence-corrected chi connectivity index (χ3v) is 6.78. The van der Waals surface area contributed by atoms with Gasteiger partial charge in [-0.05, 0) is 70.2 Å².